The molecule has 66 valence electrons. The highest BCUT2D eigenvalue weighted by Crippen LogP contribution is 2.32. The Morgan fingerprint density at radius 2 is 2.09 bits per heavy atom. The smallest absolute Gasteiger partial charge is 0.0734 e. The lowest BCUT2D eigenvalue weighted by Gasteiger charge is -2.35. The first-order valence-electron chi connectivity index (χ1n) is 4.04. The molecule has 1 saturated heterocycles. The van der Waals surface area contributed by atoms with Crippen LogP contribution in [-0.4, -0.2) is 32.9 Å². The Balaban J connectivity index is 2.55. The van der Waals surface area contributed by atoms with E-state index in [0.717, 1.165) is 18.6 Å². The Kier molecular flexibility index (Phi) is 2.84. The average Bonchev–Trinajstić information content (AvgIpc) is 1.86. The summed E-state index contributed by atoms with van der Waals surface area (Å²) in [5, 5.41) is 19.2. The van der Waals surface area contributed by atoms with E-state index in [1.807, 2.05) is 0 Å². The van der Waals surface area contributed by atoms with Crippen LogP contribution >= 0.6 is 11.8 Å². The van der Waals surface area contributed by atoms with Crippen molar-refractivity contribution < 1.29 is 10.2 Å². The van der Waals surface area contributed by atoms with E-state index in [2.05, 4.69) is 0 Å². The molecule has 0 aliphatic carbocycles. The molecule has 2 nitrogen and oxygen atoms in total. The molecule has 1 fully saturated rings. The maximum Gasteiger partial charge on any atom is 0.0734 e. The van der Waals surface area contributed by atoms with Gasteiger partial charge in [0.2, 0.25) is 0 Å². The fraction of sp³-hybridized carbons (Fsp3) is 1.00. The second kappa shape index (κ2) is 3.33. The standard InChI is InChI=1S/C8H16O2S/c1-8(2,10)7-6(9)4-3-5-11-7/h6-7,9-10H,3-5H2,1-2H3/t6-,7+/m0/s1. The molecule has 0 bridgehead atoms. The Bertz CT molecular complexity index is 131. The third kappa shape index (κ3) is 2.36. The third-order valence-electron chi connectivity index (χ3n) is 1.99. The van der Waals surface area contributed by atoms with Crippen molar-refractivity contribution in [2.24, 2.45) is 0 Å². The highest BCUT2D eigenvalue weighted by Gasteiger charge is 2.35. The van der Waals surface area contributed by atoms with Crippen LogP contribution in [0.2, 0.25) is 0 Å². The van der Waals surface area contributed by atoms with Crippen LogP contribution < -0.4 is 0 Å². The molecule has 2 atom stereocenters. The van der Waals surface area contributed by atoms with Crippen molar-refractivity contribution >= 4 is 11.8 Å². The average molecular weight is 176 g/mol. The van der Waals surface area contributed by atoms with Crippen molar-refractivity contribution in [3.63, 3.8) is 0 Å². The van der Waals surface area contributed by atoms with E-state index >= 15 is 0 Å². The zero-order chi connectivity index (χ0) is 8.48. The van der Waals surface area contributed by atoms with Crippen molar-refractivity contribution in [1.82, 2.24) is 0 Å². The summed E-state index contributed by atoms with van der Waals surface area (Å²) in [6.45, 7) is 3.53. The van der Waals surface area contributed by atoms with Crippen molar-refractivity contribution in [2.75, 3.05) is 5.75 Å². The first-order chi connectivity index (χ1) is 5.02. The highest BCUT2D eigenvalue weighted by molar-refractivity contribution is 8.00. The lowest BCUT2D eigenvalue weighted by molar-refractivity contribution is 0.0218. The molecule has 0 aromatic carbocycles. The third-order valence-corrected chi connectivity index (χ3v) is 3.76. The van der Waals surface area contributed by atoms with Crippen molar-refractivity contribution in [3.05, 3.63) is 0 Å². The topological polar surface area (TPSA) is 40.5 Å². The fourth-order valence-corrected chi connectivity index (χ4v) is 2.79. The van der Waals surface area contributed by atoms with Crippen LogP contribution in [0.15, 0.2) is 0 Å². The SMILES string of the molecule is CC(C)(O)[C@@H]1SCCC[C@@H]1O. The lowest BCUT2D eigenvalue weighted by atomic mass is 9.97. The molecule has 11 heavy (non-hydrogen) atoms. The molecule has 3 heteroatoms. The first kappa shape index (κ1) is 9.36. The van der Waals surface area contributed by atoms with Crippen LogP contribution in [0.4, 0.5) is 0 Å². The van der Waals surface area contributed by atoms with Crippen LogP contribution in [0.25, 0.3) is 0 Å². The van der Waals surface area contributed by atoms with Crippen molar-refractivity contribution in [3.8, 4) is 0 Å². The molecule has 0 radical (unpaired) electrons. The van der Waals surface area contributed by atoms with E-state index in [1.54, 1.807) is 25.6 Å². The quantitative estimate of drug-likeness (QED) is 0.626. The molecule has 1 heterocycles. The summed E-state index contributed by atoms with van der Waals surface area (Å²) < 4.78 is 0. The van der Waals surface area contributed by atoms with Crippen molar-refractivity contribution in [2.45, 2.75) is 43.6 Å². The maximum absolute atomic E-state index is 9.63. The minimum Gasteiger partial charge on any atom is -0.392 e. The molecule has 2 N–H and O–H groups in total. The van der Waals surface area contributed by atoms with Crippen LogP contribution in [0.5, 0.6) is 0 Å². The number of thioether (sulfide) groups is 1. The van der Waals surface area contributed by atoms with Gasteiger partial charge in [-0.1, -0.05) is 0 Å². The molecule has 0 spiro atoms. The Morgan fingerprint density at radius 1 is 1.45 bits per heavy atom. The summed E-state index contributed by atoms with van der Waals surface area (Å²) in [4.78, 5) is 0. The molecule has 1 rings (SSSR count). The van der Waals surface area contributed by atoms with Gasteiger partial charge in [-0.15, -0.1) is 0 Å². The Morgan fingerprint density at radius 3 is 2.45 bits per heavy atom. The van der Waals surface area contributed by atoms with Gasteiger partial charge in [0.1, 0.15) is 0 Å². The van der Waals surface area contributed by atoms with E-state index in [4.69, 9.17) is 0 Å². The summed E-state index contributed by atoms with van der Waals surface area (Å²) in [5.41, 5.74) is -0.746. The minimum absolute atomic E-state index is 0.00347. The van der Waals surface area contributed by atoms with E-state index < -0.39 is 5.60 Å². The van der Waals surface area contributed by atoms with E-state index in [1.165, 1.54) is 0 Å². The fourth-order valence-electron chi connectivity index (χ4n) is 1.44. The monoisotopic (exact) mass is 176 g/mol. The summed E-state index contributed by atoms with van der Waals surface area (Å²) in [6, 6.07) is 0. The zero-order valence-electron chi connectivity index (χ0n) is 7.08. The van der Waals surface area contributed by atoms with Crippen LogP contribution in [0.1, 0.15) is 26.7 Å². The summed E-state index contributed by atoms with van der Waals surface area (Å²) in [5.74, 6) is 1.06. The van der Waals surface area contributed by atoms with Crippen LogP contribution in [0, 0.1) is 0 Å². The molecule has 1 aliphatic heterocycles. The van der Waals surface area contributed by atoms with Crippen LogP contribution in [-0.2, 0) is 0 Å². The molecular formula is C8H16O2S. The van der Waals surface area contributed by atoms with Gasteiger partial charge in [-0.3, -0.25) is 0 Å². The number of aliphatic hydroxyl groups is 2. The maximum atomic E-state index is 9.63. The largest absolute Gasteiger partial charge is 0.392 e. The molecule has 0 aromatic heterocycles. The summed E-state index contributed by atoms with van der Waals surface area (Å²) >= 11 is 1.68. The minimum atomic E-state index is -0.746. The van der Waals surface area contributed by atoms with E-state index in [9.17, 15) is 10.2 Å². The molecule has 0 aromatic rings. The Labute approximate surface area is 72.0 Å². The molecule has 0 amide bonds. The van der Waals surface area contributed by atoms with Gasteiger partial charge in [0.15, 0.2) is 0 Å². The second-order valence-corrected chi connectivity index (χ2v) is 4.90. The van der Waals surface area contributed by atoms with Gasteiger partial charge < -0.3 is 10.2 Å². The van der Waals surface area contributed by atoms with E-state index in [0.29, 0.717) is 0 Å². The van der Waals surface area contributed by atoms with E-state index in [-0.39, 0.29) is 11.4 Å². The number of aliphatic hydroxyl groups excluding tert-OH is 1. The van der Waals surface area contributed by atoms with Gasteiger partial charge >= 0.3 is 0 Å². The van der Waals surface area contributed by atoms with Gasteiger partial charge in [0.05, 0.1) is 17.0 Å². The molecule has 0 unspecified atom stereocenters. The molecular weight excluding hydrogens is 160 g/mol. The normalized spacial score (nSPS) is 33.8. The number of rotatable bonds is 1. The predicted octanol–water partition coefficient (Wildman–Crippen LogP) is 1.01. The predicted molar refractivity (Wildman–Crippen MR) is 47.8 cm³/mol. The zero-order valence-corrected chi connectivity index (χ0v) is 7.90. The van der Waals surface area contributed by atoms with Gasteiger partial charge in [-0.05, 0) is 32.4 Å². The van der Waals surface area contributed by atoms with Crippen molar-refractivity contribution in [1.29, 1.82) is 0 Å². The molecule has 0 saturated carbocycles. The van der Waals surface area contributed by atoms with Gasteiger partial charge in [0.25, 0.3) is 0 Å². The lowest BCUT2D eigenvalue weighted by Crippen LogP contribution is -2.44. The first-order valence-corrected chi connectivity index (χ1v) is 5.09. The summed E-state index contributed by atoms with van der Waals surface area (Å²) in [6.07, 6.45) is 1.58. The van der Waals surface area contributed by atoms with Gasteiger partial charge in [-0.25, -0.2) is 0 Å². The second-order valence-electron chi connectivity index (χ2n) is 3.65. The van der Waals surface area contributed by atoms with Gasteiger partial charge in [0, 0.05) is 0 Å². The Hall–Kier alpha value is 0.270. The van der Waals surface area contributed by atoms with Crippen LogP contribution in [0.3, 0.4) is 0 Å². The number of hydrogen-bond donors (Lipinski definition) is 2. The highest BCUT2D eigenvalue weighted by atomic mass is 32.2. The number of hydrogen-bond acceptors (Lipinski definition) is 3. The molecule has 1 aliphatic rings. The van der Waals surface area contributed by atoms with Gasteiger partial charge in [-0.2, -0.15) is 11.8 Å². The summed E-state index contributed by atoms with van der Waals surface area (Å²) in [7, 11) is 0.